The van der Waals surface area contributed by atoms with E-state index in [1.807, 2.05) is 0 Å². The van der Waals surface area contributed by atoms with Gasteiger partial charge in [0, 0.05) is 54.2 Å². The predicted octanol–water partition coefficient (Wildman–Crippen LogP) is 17.1. The van der Waals surface area contributed by atoms with Gasteiger partial charge in [-0.15, -0.1) is 0 Å². The minimum atomic E-state index is -1.04. The maximum absolute atomic E-state index is 5.49. The van der Waals surface area contributed by atoms with Crippen LogP contribution in [0.3, 0.4) is 0 Å². The van der Waals surface area contributed by atoms with Crippen molar-refractivity contribution in [3.63, 3.8) is 0 Å². The van der Waals surface area contributed by atoms with Gasteiger partial charge in [-0.2, -0.15) is 0 Å². The lowest BCUT2D eigenvalue weighted by Crippen LogP contribution is -2.21. The first-order valence-corrected chi connectivity index (χ1v) is 25.7. The third-order valence-electron chi connectivity index (χ3n) is 14.9. The molecule has 0 saturated heterocycles. The van der Waals surface area contributed by atoms with E-state index in [1.165, 1.54) is 103 Å². The Hall–Kier alpha value is -8.81. The molecule has 0 bridgehead atoms. The van der Waals surface area contributed by atoms with Crippen molar-refractivity contribution in [2.24, 2.45) is 0 Å². The second kappa shape index (κ2) is 15.9. The van der Waals surface area contributed by atoms with Crippen molar-refractivity contribution in [2.45, 2.75) is 0 Å². The van der Waals surface area contributed by atoms with E-state index >= 15 is 0 Å². The molecule has 0 radical (unpaired) electrons. The smallest absolute Gasteiger partial charge is 0.0794 e. The summed E-state index contributed by atoms with van der Waals surface area (Å²) in [6.07, 6.45) is 0. The number of benzene rings is 13. The van der Waals surface area contributed by atoms with E-state index in [0.29, 0.717) is 0 Å². The van der Waals surface area contributed by atoms with Crippen molar-refractivity contribution in [1.82, 2.24) is 9.97 Å². The molecule has 0 N–H and O–H groups in total. The molecule has 328 valence electrons. The summed E-state index contributed by atoms with van der Waals surface area (Å²) in [7, 11) is -1.04. The normalized spacial score (nSPS) is 12.1. The molecule has 0 aliphatic heterocycles. The Bertz CT molecular complexity index is 4260. The standard InChI is InChI=1S/C68H41N2P/c1-7-19-52-42(13-1)29-37-58-63(59-38-30-43-14-2-8-20-53(43)66(59)69-65(52)58)46-25-33-49(34-26-46)71(62-41-48-17-5-6-18-51(48)56-23-11-12-24-57(56)62)50-35-27-47(28-36-50)64-60-39-31-44-15-3-9-21-54(44)67(60)70-68-55-22-10-4-16-45(55)32-40-61(64)68/h1-41H. The van der Waals surface area contributed by atoms with E-state index in [0.717, 1.165) is 43.6 Å². The van der Waals surface area contributed by atoms with E-state index in [4.69, 9.17) is 9.97 Å². The highest BCUT2D eigenvalue weighted by Gasteiger charge is 2.23. The molecule has 0 aliphatic carbocycles. The molecule has 15 aromatic rings. The molecule has 71 heavy (non-hydrogen) atoms. The molecule has 13 aromatic carbocycles. The number of fused-ring (bicyclic) bond motifs is 15. The zero-order valence-electron chi connectivity index (χ0n) is 38.5. The second-order valence-electron chi connectivity index (χ2n) is 18.8. The summed E-state index contributed by atoms with van der Waals surface area (Å²) in [6.45, 7) is 0. The molecule has 0 atom stereocenters. The summed E-state index contributed by atoms with van der Waals surface area (Å²) in [6, 6.07) is 92.0. The van der Waals surface area contributed by atoms with Crippen molar-refractivity contribution in [3.05, 3.63) is 249 Å². The molecule has 0 amide bonds. The van der Waals surface area contributed by atoms with E-state index in [1.54, 1.807) is 0 Å². The van der Waals surface area contributed by atoms with Crippen LogP contribution >= 0.6 is 7.92 Å². The molecule has 0 fully saturated rings. The minimum Gasteiger partial charge on any atom is -0.246 e. The lowest BCUT2D eigenvalue weighted by molar-refractivity contribution is 1.53. The molecule has 0 spiro atoms. The van der Waals surface area contributed by atoms with Crippen LogP contribution in [0.1, 0.15) is 0 Å². The molecule has 2 nitrogen and oxygen atoms in total. The number of hydrogen-bond donors (Lipinski definition) is 0. The summed E-state index contributed by atoms with van der Waals surface area (Å²) < 4.78 is 0. The average Bonchev–Trinajstić information content (AvgIpc) is 3.44. The highest BCUT2D eigenvalue weighted by molar-refractivity contribution is 7.80. The zero-order chi connectivity index (χ0) is 46.6. The number of nitrogens with zero attached hydrogens (tertiary/aromatic N) is 2. The summed E-state index contributed by atoms with van der Waals surface area (Å²) in [5.41, 5.74) is 8.94. The van der Waals surface area contributed by atoms with Crippen molar-refractivity contribution < 1.29 is 0 Å². The molecular formula is C68H41N2P. The Morgan fingerprint density at radius 1 is 0.225 bits per heavy atom. The summed E-state index contributed by atoms with van der Waals surface area (Å²) >= 11 is 0. The van der Waals surface area contributed by atoms with E-state index in [9.17, 15) is 0 Å². The quantitative estimate of drug-likeness (QED) is 0.0977. The summed E-state index contributed by atoms with van der Waals surface area (Å²) in [5, 5.41) is 23.2. The van der Waals surface area contributed by atoms with Crippen LogP contribution in [-0.2, 0) is 0 Å². The Morgan fingerprint density at radius 3 is 0.915 bits per heavy atom. The Labute approximate surface area is 410 Å². The highest BCUT2D eigenvalue weighted by Crippen LogP contribution is 2.44. The Morgan fingerprint density at radius 2 is 0.535 bits per heavy atom. The molecule has 15 rings (SSSR count). The van der Waals surface area contributed by atoms with Gasteiger partial charge in [-0.25, -0.2) is 9.97 Å². The first-order valence-electron chi connectivity index (χ1n) is 24.4. The van der Waals surface area contributed by atoms with Crippen LogP contribution in [0.5, 0.6) is 0 Å². The first-order chi connectivity index (χ1) is 35.2. The molecule has 2 heterocycles. The lowest BCUT2D eigenvalue weighted by atomic mass is 9.92. The summed E-state index contributed by atoms with van der Waals surface area (Å²) in [4.78, 5) is 11.0. The largest absolute Gasteiger partial charge is 0.246 e. The van der Waals surface area contributed by atoms with E-state index in [-0.39, 0.29) is 0 Å². The van der Waals surface area contributed by atoms with Crippen molar-refractivity contribution in [3.8, 4) is 22.3 Å². The third kappa shape index (κ3) is 6.25. The molecule has 0 saturated carbocycles. The fourth-order valence-electron chi connectivity index (χ4n) is 11.6. The Balaban J connectivity index is 0.949. The van der Waals surface area contributed by atoms with E-state index in [2.05, 4.69) is 249 Å². The van der Waals surface area contributed by atoms with Crippen LogP contribution in [0.4, 0.5) is 0 Å². The van der Waals surface area contributed by atoms with Gasteiger partial charge in [0.25, 0.3) is 0 Å². The second-order valence-corrected chi connectivity index (χ2v) is 21.0. The molecule has 0 aliphatic rings. The number of aromatic nitrogens is 2. The van der Waals surface area contributed by atoms with Crippen molar-refractivity contribution in [2.75, 3.05) is 0 Å². The number of hydrogen-bond acceptors (Lipinski definition) is 2. The highest BCUT2D eigenvalue weighted by atomic mass is 31.1. The van der Waals surface area contributed by atoms with Crippen molar-refractivity contribution >= 4 is 132 Å². The molecule has 2 aromatic heterocycles. The van der Waals surface area contributed by atoms with Gasteiger partial charge in [-0.1, -0.05) is 243 Å². The van der Waals surface area contributed by atoms with Gasteiger partial charge < -0.3 is 0 Å². The average molecular weight is 917 g/mol. The fourth-order valence-corrected chi connectivity index (χ4v) is 14.1. The van der Waals surface area contributed by atoms with Gasteiger partial charge in [0.05, 0.1) is 22.1 Å². The van der Waals surface area contributed by atoms with Gasteiger partial charge in [0.1, 0.15) is 0 Å². The van der Waals surface area contributed by atoms with E-state index < -0.39 is 7.92 Å². The monoisotopic (exact) mass is 916 g/mol. The minimum absolute atomic E-state index is 1.03. The Kier molecular flexibility index (Phi) is 8.97. The van der Waals surface area contributed by atoms with Crippen molar-refractivity contribution in [1.29, 1.82) is 0 Å². The maximum Gasteiger partial charge on any atom is 0.0794 e. The van der Waals surface area contributed by atoms with Gasteiger partial charge in [0.2, 0.25) is 0 Å². The van der Waals surface area contributed by atoms with Crippen LogP contribution in [0, 0.1) is 0 Å². The topological polar surface area (TPSA) is 25.8 Å². The van der Waals surface area contributed by atoms with Gasteiger partial charge in [-0.05, 0) is 84.1 Å². The van der Waals surface area contributed by atoms with Crippen LogP contribution in [0.15, 0.2) is 249 Å². The molecule has 0 unspecified atom stereocenters. The SMILES string of the molecule is c1ccc2c(c1)cc(P(c1ccc(-c3c4ccc5ccccc5c4nc4c3ccc3ccccc34)cc1)c1ccc(-c3c4ccc5ccccc5c4nc4c3ccc3ccccc34)cc1)c1ccccc12. The molecule has 3 heteroatoms. The number of rotatable bonds is 5. The maximum atomic E-state index is 5.49. The van der Waals surface area contributed by atoms with Gasteiger partial charge in [-0.3, -0.25) is 0 Å². The van der Waals surface area contributed by atoms with Crippen LogP contribution in [-0.4, -0.2) is 9.97 Å². The van der Waals surface area contributed by atoms with Gasteiger partial charge >= 0.3 is 0 Å². The predicted molar refractivity (Wildman–Crippen MR) is 307 cm³/mol. The number of pyridine rings is 2. The van der Waals surface area contributed by atoms with Crippen LogP contribution in [0.2, 0.25) is 0 Å². The lowest BCUT2D eigenvalue weighted by Gasteiger charge is -2.23. The fraction of sp³-hybridized carbons (Fsp3) is 0. The zero-order valence-corrected chi connectivity index (χ0v) is 39.4. The molecular weight excluding hydrogens is 876 g/mol. The first kappa shape index (κ1) is 40.1. The summed E-state index contributed by atoms with van der Waals surface area (Å²) in [5.74, 6) is 0. The van der Waals surface area contributed by atoms with Crippen LogP contribution < -0.4 is 15.9 Å². The van der Waals surface area contributed by atoms with Crippen LogP contribution in [0.25, 0.3) is 131 Å². The van der Waals surface area contributed by atoms with Gasteiger partial charge in [0.15, 0.2) is 0 Å². The third-order valence-corrected chi connectivity index (χ3v) is 17.4.